The number of anilines is 1. The van der Waals surface area contributed by atoms with E-state index in [4.69, 9.17) is 5.73 Å². The lowest BCUT2D eigenvalue weighted by Crippen LogP contribution is -2.34. The van der Waals surface area contributed by atoms with Crippen LogP contribution in [0.25, 0.3) is 0 Å². The maximum absolute atomic E-state index is 13.2. The fourth-order valence-electron chi connectivity index (χ4n) is 2.07. The molecule has 1 saturated carbocycles. The molecule has 0 aliphatic heterocycles. The Morgan fingerprint density at radius 2 is 2.24 bits per heavy atom. The lowest BCUT2D eigenvalue weighted by atomic mass is 9.85. The third-order valence-electron chi connectivity index (χ3n) is 3.39. The molecule has 1 aliphatic carbocycles. The Balaban J connectivity index is 2.09. The first-order valence-electron chi connectivity index (χ1n) is 5.89. The van der Waals surface area contributed by atoms with Gasteiger partial charge in [0.1, 0.15) is 5.82 Å². The first-order chi connectivity index (χ1) is 8.09. The lowest BCUT2D eigenvalue weighted by Gasteiger charge is -2.30. The molecule has 2 N–H and O–H groups in total. The highest BCUT2D eigenvalue weighted by molar-refractivity contribution is 5.99. The Morgan fingerprint density at radius 1 is 1.53 bits per heavy atom. The summed E-state index contributed by atoms with van der Waals surface area (Å²) < 4.78 is 13.2. The second-order valence-electron chi connectivity index (χ2n) is 4.68. The van der Waals surface area contributed by atoms with E-state index in [-0.39, 0.29) is 17.2 Å². The molecular weight excluding hydrogens is 219 g/mol. The monoisotopic (exact) mass is 236 g/mol. The van der Waals surface area contributed by atoms with E-state index in [9.17, 15) is 9.18 Å². The number of halogens is 1. The molecule has 1 aromatic carbocycles. The topological polar surface area (TPSA) is 46.3 Å². The number of hydrogen-bond acceptors (Lipinski definition) is 2. The van der Waals surface area contributed by atoms with Crippen molar-refractivity contribution >= 4 is 11.6 Å². The first kappa shape index (κ1) is 11.9. The van der Waals surface area contributed by atoms with Gasteiger partial charge in [0.25, 0.3) is 5.91 Å². The number of nitrogen functional groups attached to an aromatic ring is 1. The Labute approximate surface area is 100 Å². The molecular formula is C13H17FN2O. The van der Waals surface area contributed by atoms with E-state index in [0.717, 1.165) is 6.54 Å². The zero-order valence-electron chi connectivity index (χ0n) is 9.95. The van der Waals surface area contributed by atoms with Crippen molar-refractivity contribution in [2.75, 3.05) is 19.3 Å². The average molecular weight is 236 g/mol. The molecule has 92 valence electrons. The standard InChI is InChI=1S/C13H17FN2O/c1-16(8-9-4-2-5-9)13(17)10-6-3-7-11(14)12(10)15/h3,6-7,9H,2,4-5,8,15H2,1H3. The summed E-state index contributed by atoms with van der Waals surface area (Å²) in [4.78, 5) is 13.7. The predicted octanol–water partition coefficient (Wildman–Crippen LogP) is 2.28. The predicted molar refractivity (Wildman–Crippen MR) is 65.1 cm³/mol. The summed E-state index contributed by atoms with van der Waals surface area (Å²) in [6, 6.07) is 4.34. The van der Waals surface area contributed by atoms with E-state index in [0.29, 0.717) is 5.92 Å². The van der Waals surface area contributed by atoms with Gasteiger partial charge in [0.05, 0.1) is 11.3 Å². The number of nitrogens with zero attached hydrogens (tertiary/aromatic N) is 1. The summed E-state index contributed by atoms with van der Waals surface area (Å²) in [6.45, 7) is 0.731. The molecule has 0 saturated heterocycles. The summed E-state index contributed by atoms with van der Waals surface area (Å²) in [6.07, 6.45) is 3.60. The minimum atomic E-state index is -0.534. The van der Waals surface area contributed by atoms with Crippen molar-refractivity contribution in [1.29, 1.82) is 0 Å². The number of para-hydroxylation sites is 1. The van der Waals surface area contributed by atoms with Crippen LogP contribution in [0.4, 0.5) is 10.1 Å². The number of rotatable bonds is 3. The lowest BCUT2D eigenvalue weighted by molar-refractivity contribution is 0.0746. The molecule has 0 atom stereocenters. The number of benzene rings is 1. The van der Waals surface area contributed by atoms with E-state index in [1.54, 1.807) is 18.0 Å². The Kier molecular flexibility index (Phi) is 3.31. The van der Waals surface area contributed by atoms with E-state index in [1.165, 1.54) is 31.4 Å². The van der Waals surface area contributed by atoms with Crippen molar-refractivity contribution in [3.8, 4) is 0 Å². The van der Waals surface area contributed by atoms with Gasteiger partial charge in [-0.2, -0.15) is 0 Å². The maximum atomic E-state index is 13.2. The molecule has 1 amide bonds. The highest BCUT2D eigenvalue weighted by Gasteiger charge is 2.23. The zero-order chi connectivity index (χ0) is 12.4. The minimum absolute atomic E-state index is 0.0574. The Bertz CT molecular complexity index is 429. The van der Waals surface area contributed by atoms with Gasteiger partial charge >= 0.3 is 0 Å². The normalized spacial score (nSPS) is 15.4. The fourth-order valence-corrected chi connectivity index (χ4v) is 2.07. The number of nitrogens with two attached hydrogens (primary N) is 1. The number of carbonyl (C=O) groups excluding carboxylic acids is 1. The summed E-state index contributed by atoms with van der Waals surface area (Å²) in [5.41, 5.74) is 5.77. The molecule has 3 nitrogen and oxygen atoms in total. The van der Waals surface area contributed by atoms with Gasteiger partial charge in [0.2, 0.25) is 0 Å². The van der Waals surface area contributed by atoms with E-state index in [2.05, 4.69) is 0 Å². The summed E-state index contributed by atoms with van der Waals surface area (Å²) in [5.74, 6) is -0.138. The van der Waals surface area contributed by atoms with Crippen LogP contribution in [0.15, 0.2) is 18.2 Å². The molecule has 2 rings (SSSR count). The average Bonchev–Trinajstić information content (AvgIpc) is 2.26. The molecule has 0 heterocycles. The Morgan fingerprint density at radius 3 is 2.82 bits per heavy atom. The third kappa shape index (κ3) is 2.40. The van der Waals surface area contributed by atoms with Gasteiger partial charge in [0, 0.05) is 13.6 Å². The van der Waals surface area contributed by atoms with Crippen LogP contribution in [-0.2, 0) is 0 Å². The van der Waals surface area contributed by atoms with Gasteiger partial charge in [-0.3, -0.25) is 4.79 Å². The van der Waals surface area contributed by atoms with Crippen molar-refractivity contribution in [2.24, 2.45) is 5.92 Å². The van der Waals surface area contributed by atoms with Gasteiger partial charge in [-0.25, -0.2) is 4.39 Å². The molecule has 0 unspecified atom stereocenters. The second kappa shape index (κ2) is 4.73. The van der Waals surface area contributed by atoms with Crippen molar-refractivity contribution in [2.45, 2.75) is 19.3 Å². The zero-order valence-corrected chi connectivity index (χ0v) is 9.95. The molecule has 1 aromatic rings. The van der Waals surface area contributed by atoms with Gasteiger partial charge in [-0.1, -0.05) is 12.5 Å². The maximum Gasteiger partial charge on any atom is 0.255 e. The highest BCUT2D eigenvalue weighted by Crippen LogP contribution is 2.27. The van der Waals surface area contributed by atoms with Crippen molar-refractivity contribution < 1.29 is 9.18 Å². The molecule has 0 bridgehead atoms. The van der Waals surface area contributed by atoms with Crippen LogP contribution in [0.3, 0.4) is 0 Å². The SMILES string of the molecule is CN(CC1CCC1)C(=O)c1cccc(F)c1N. The molecule has 1 fully saturated rings. The molecule has 17 heavy (non-hydrogen) atoms. The van der Waals surface area contributed by atoms with Crippen LogP contribution in [-0.4, -0.2) is 24.4 Å². The fraction of sp³-hybridized carbons (Fsp3) is 0.462. The summed E-state index contributed by atoms with van der Waals surface area (Å²) in [7, 11) is 1.74. The van der Waals surface area contributed by atoms with Gasteiger partial charge in [-0.15, -0.1) is 0 Å². The van der Waals surface area contributed by atoms with E-state index >= 15 is 0 Å². The summed E-state index contributed by atoms with van der Waals surface area (Å²) >= 11 is 0. The number of amides is 1. The van der Waals surface area contributed by atoms with Gasteiger partial charge in [0.15, 0.2) is 0 Å². The van der Waals surface area contributed by atoms with Gasteiger partial charge < -0.3 is 10.6 Å². The molecule has 0 aromatic heterocycles. The molecule has 4 heteroatoms. The summed E-state index contributed by atoms with van der Waals surface area (Å²) in [5, 5.41) is 0. The van der Waals surface area contributed by atoms with Crippen LogP contribution >= 0.6 is 0 Å². The van der Waals surface area contributed by atoms with Crippen LogP contribution in [0.2, 0.25) is 0 Å². The van der Waals surface area contributed by atoms with Crippen LogP contribution < -0.4 is 5.73 Å². The van der Waals surface area contributed by atoms with Crippen LogP contribution in [0.5, 0.6) is 0 Å². The smallest absolute Gasteiger partial charge is 0.255 e. The van der Waals surface area contributed by atoms with Gasteiger partial charge in [-0.05, 0) is 30.9 Å². The minimum Gasteiger partial charge on any atom is -0.396 e. The van der Waals surface area contributed by atoms with Crippen molar-refractivity contribution in [3.05, 3.63) is 29.6 Å². The number of hydrogen-bond donors (Lipinski definition) is 1. The first-order valence-corrected chi connectivity index (χ1v) is 5.89. The van der Waals surface area contributed by atoms with Crippen LogP contribution in [0.1, 0.15) is 29.6 Å². The Hall–Kier alpha value is -1.58. The van der Waals surface area contributed by atoms with Crippen molar-refractivity contribution in [1.82, 2.24) is 4.90 Å². The molecule has 0 radical (unpaired) electrons. The van der Waals surface area contributed by atoms with Crippen molar-refractivity contribution in [3.63, 3.8) is 0 Å². The van der Waals surface area contributed by atoms with Crippen LogP contribution in [0, 0.1) is 11.7 Å². The highest BCUT2D eigenvalue weighted by atomic mass is 19.1. The molecule has 0 spiro atoms. The third-order valence-corrected chi connectivity index (χ3v) is 3.39. The number of carbonyl (C=O) groups is 1. The molecule has 1 aliphatic rings. The van der Waals surface area contributed by atoms with E-state index < -0.39 is 5.82 Å². The quantitative estimate of drug-likeness (QED) is 0.818. The second-order valence-corrected chi connectivity index (χ2v) is 4.68. The largest absolute Gasteiger partial charge is 0.396 e. The van der Waals surface area contributed by atoms with E-state index in [1.807, 2.05) is 0 Å².